The van der Waals surface area contributed by atoms with E-state index in [2.05, 4.69) is 41.2 Å². The third-order valence-electron chi connectivity index (χ3n) is 4.85. The molecule has 110 valence electrons. The summed E-state index contributed by atoms with van der Waals surface area (Å²) in [4.78, 5) is 9.85. The minimum Gasteiger partial charge on any atom is -0.355 e. The van der Waals surface area contributed by atoms with E-state index in [1.807, 2.05) is 7.05 Å². The van der Waals surface area contributed by atoms with E-state index < -0.39 is 0 Å². The average molecular weight is 274 g/mol. The number of hydrogen-bond acceptors (Lipinski definition) is 4. The fourth-order valence-corrected chi connectivity index (χ4v) is 3.71. The first kappa shape index (κ1) is 13.8. The fraction of sp³-hybridized carbons (Fsp3) is 0.688. The zero-order valence-corrected chi connectivity index (χ0v) is 12.9. The van der Waals surface area contributed by atoms with E-state index >= 15 is 0 Å². The number of anilines is 1. The normalized spacial score (nSPS) is 26.9. The molecule has 0 saturated carbocycles. The summed E-state index contributed by atoms with van der Waals surface area (Å²) in [5, 5.41) is 3.23. The molecule has 2 aliphatic rings. The second-order valence-electron chi connectivity index (χ2n) is 6.29. The van der Waals surface area contributed by atoms with Crippen molar-refractivity contribution in [1.29, 1.82) is 0 Å². The van der Waals surface area contributed by atoms with Crippen LogP contribution in [0.2, 0.25) is 0 Å². The minimum absolute atomic E-state index is 0.706. The molecule has 2 aliphatic heterocycles. The Hall–Kier alpha value is -1.13. The number of aryl methyl sites for hydroxylation is 1. The molecule has 0 aromatic carbocycles. The number of nitrogens with one attached hydrogen (secondary N) is 1. The molecule has 20 heavy (non-hydrogen) atoms. The van der Waals surface area contributed by atoms with Gasteiger partial charge in [0.2, 0.25) is 0 Å². The molecule has 0 spiro atoms. The Kier molecular flexibility index (Phi) is 3.94. The Balaban J connectivity index is 1.82. The number of nitrogens with zero attached hydrogens (tertiary/aromatic N) is 3. The molecule has 2 unspecified atom stereocenters. The molecule has 2 fully saturated rings. The highest BCUT2D eigenvalue weighted by molar-refractivity contribution is 5.43. The number of pyridine rings is 1. The van der Waals surface area contributed by atoms with E-state index in [1.54, 1.807) is 0 Å². The van der Waals surface area contributed by atoms with Gasteiger partial charge in [0, 0.05) is 37.4 Å². The third-order valence-corrected chi connectivity index (χ3v) is 4.85. The van der Waals surface area contributed by atoms with Gasteiger partial charge in [-0.1, -0.05) is 0 Å². The third kappa shape index (κ3) is 2.67. The molecule has 2 saturated heterocycles. The molecule has 2 bridgehead atoms. The average Bonchev–Trinajstić information content (AvgIpc) is 2.62. The van der Waals surface area contributed by atoms with Crippen molar-refractivity contribution in [3.8, 4) is 0 Å². The van der Waals surface area contributed by atoms with Crippen LogP contribution in [0.4, 0.5) is 5.82 Å². The molecule has 3 rings (SSSR count). The predicted octanol–water partition coefficient (Wildman–Crippen LogP) is 1.78. The Morgan fingerprint density at radius 2 is 2.05 bits per heavy atom. The van der Waals surface area contributed by atoms with Crippen molar-refractivity contribution in [2.24, 2.45) is 0 Å². The van der Waals surface area contributed by atoms with Crippen molar-refractivity contribution >= 4 is 5.82 Å². The Morgan fingerprint density at radius 3 is 2.85 bits per heavy atom. The Labute approximate surface area is 122 Å². The molecule has 0 amide bonds. The van der Waals surface area contributed by atoms with Gasteiger partial charge in [-0.05, 0) is 58.0 Å². The first-order valence-electron chi connectivity index (χ1n) is 7.76. The lowest BCUT2D eigenvalue weighted by atomic mass is 10.1. The number of hydrogen-bond donors (Lipinski definition) is 1. The topological polar surface area (TPSA) is 31.4 Å². The summed E-state index contributed by atoms with van der Waals surface area (Å²) in [6.07, 6.45) is 3.98. The van der Waals surface area contributed by atoms with Crippen LogP contribution < -0.4 is 10.2 Å². The van der Waals surface area contributed by atoms with Crippen LogP contribution in [0, 0.1) is 6.92 Å². The van der Waals surface area contributed by atoms with E-state index in [1.165, 1.54) is 24.8 Å². The van der Waals surface area contributed by atoms with Gasteiger partial charge in [0.05, 0.1) is 0 Å². The van der Waals surface area contributed by atoms with Crippen LogP contribution in [0.1, 0.15) is 30.5 Å². The highest BCUT2D eigenvalue weighted by atomic mass is 15.3. The van der Waals surface area contributed by atoms with Crippen LogP contribution in [0.25, 0.3) is 0 Å². The SMILES string of the molecule is CNCc1cc(C)nc(N2CCC3CCC(C2)N3C)c1. The minimum atomic E-state index is 0.706. The van der Waals surface area contributed by atoms with Crippen molar-refractivity contribution < 1.29 is 0 Å². The molecule has 4 nitrogen and oxygen atoms in total. The molecule has 0 aliphatic carbocycles. The van der Waals surface area contributed by atoms with E-state index in [-0.39, 0.29) is 0 Å². The van der Waals surface area contributed by atoms with E-state index in [0.717, 1.165) is 37.2 Å². The van der Waals surface area contributed by atoms with Gasteiger partial charge in [0.1, 0.15) is 5.82 Å². The Bertz CT molecular complexity index is 474. The van der Waals surface area contributed by atoms with Gasteiger partial charge in [-0.3, -0.25) is 4.90 Å². The zero-order chi connectivity index (χ0) is 14.1. The smallest absolute Gasteiger partial charge is 0.129 e. The number of rotatable bonds is 3. The highest BCUT2D eigenvalue weighted by Gasteiger charge is 2.34. The molecule has 4 heteroatoms. The highest BCUT2D eigenvalue weighted by Crippen LogP contribution is 2.30. The van der Waals surface area contributed by atoms with Crippen molar-refractivity contribution in [2.45, 2.75) is 44.8 Å². The second kappa shape index (κ2) is 5.70. The van der Waals surface area contributed by atoms with Crippen molar-refractivity contribution in [2.75, 3.05) is 32.1 Å². The molecule has 0 radical (unpaired) electrons. The Morgan fingerprint density at radius 1 is 1.25 bits per heavy atom. The van der Waals surface area contributed by atoms with E-state index in [4.69, 9.17) is 4.98 Å². The lowest BCUT2D eigenvalue weighted by Gasteiger charge is -2.27. The lowest BCUT2D eigenvalue weighted by molar-refractivity contribution is 0.254. The van der Waals surface area contributed by atoms with E-state index in [9.17, 15) is 0 Å². The monoisotopic (exact) mass is 274 g/mol. The van der Waals surface area contributed by atoms with Crippen LogP contribution in [-0.4, -0.2) is 49.2 Å². The van der Waals surface area contributed by atoms with Crippen LogP contribution >= 0.6 is 0 Å². The standard InChI is InChI=1S/C16H26N4/c1-12-8-13(10-17-2)9-16(18-12)20-7-6-14-4-5-15(11-20)19(14)3/h8-9,14-15,17H,4-7,10-11H2,1-3H3. The molecule has 1 aromatic rings. The summed E-state index contributed by atoms with van der Waals surface area (Å²) in [6.45, 7) is 5.28. The van der Waals surface area contributed by atoms with Crippen LogP contribution in [0.15, 0.2) is 12.1 Å². The maximum absolute atomic E-state index is 4.77. The van der Waals surface area contributed by atoms with Gasteiger partial charge in [-0.15, -0.1) is 0 Å². The quantitative estimate of drug-likeness (QED) is 0.910. The largest absolute Gasteiger partial charge is 0.355 e. The number of aromatic nitrogens is 1. The van der Waals surface area contributed by atoms with E-state index in [0.29, 0.717) is 6.04 Å². The van der Waals surface area contributed by atoms with Gasteiger partial charge < -0.3 is 10.2 Å². The first-order valence-corrected chi connectivity index (χ1v) is 7.76. The van der Waals surface area contributed by atoms with Crippen molar-refractivity contribution in [1.82, 2.24) is 15.2 Å². The van der Waals surface area contributed by atoms with Gasteiger partial charge in [0.25, 0.3) is 0 Å². The first-order chi connectivity index (χ1) is 9.67. The van der Waals surface area contributed by atoms with Crippen molar-refractivity contribution in [3.63, 3.8) is 0 Å². The summed E-state index contributed by atoms with van der Waals surface area (Å²) in [5.41, 5.74) is 2.45. The number of likely N-dealkylation sites (N-methyl/N-ethyl adjacent to an activating group) is 1. The van der Waals surface area contributed by atoms with Crippen LogP contribution in [0.3, 0.4) is 0 Å². The van der Waals surface area contributed by atoms with Crippen LogP contribution in [-0.2, 0) is 6.54 Å². The van der Waals surface area contributed by atoms with Gasteiger partial charge in [-0.25, -0.2) is 4.98 Å². The summed E-state index contributed by atoms with van der Waals surface area (Å²) in [7, 11) is 4.29. The molecule has 1 aromatic heterocycles. The van der Waals surface area contributed by atoms with Crippen molar-refractivity contribution in [3.05, 3.63) is 23.4 Å². The lowest BCUT2D eigenvalue weighted by Crippen LogP contribution is -2.37. The maximum atomic E-state index is 4.77. The summed E-state index contributed by atoms with van der Waals surface area (Å²) >= 11 is 0. The van der Waals surface area contributed by atoms with Gasteiger partial charge in [-0.2, -0.15) is 0 Å². The van der Waals surface area contributed by atoms with Crippen LogP contribution in [0.5, 0.6) is 0 Å². The second-order valence-corrected chi connectivity index (χ2v) is 6.29. The predicted molar refractivity (Wildman–Crippen MR) is 83.1 cm³/mol. The van der Waals surface area contributed by atoms with Gasteiger partial charge >= 0.3 is 0 Å². The summed E-state index contributed by atoms with van der Waals surface area (Å²) < 4.78 is 0. The molecular formula is C16H26N4. The molecule has 3 heterocycles. The van der Waals surface area contributed by atoms with Gasteiger partial charge in [0.15, 0.2) is 0 Å². The molecular weight excluding hydrogens is 248 g/mol. The summed E-state index contributed by atoms with van der Waals surface area (Å²) in [6, 6.07) is 5.92. The summed E-state index contributed by atoms with van der Waals surface area (Å²) in [5.74, 6) is 1.16. The zero-order valence-electron chi connectivity index (χ0n) is 12.9. The molecule has 2 atom stereocenters. The maximum Gasteiger partial charge on any atom is 0.129 e. The molecule has 1 N–H and O–H groups in total. The number of fused-ring (bicyclic) bond motifs is 2. The fourth-order valence-electron chi connectivity index (χ4n) is 3.71.